The number of anilines is 1. The van der Waals surface area contributed by atoms with Gasteiger partial charge in [-0.05, 0) is 56.9 Å². The van der Waals surface area contributed by atoms with Crippen molar-refractivity contribution < 1.29 is 32.9 Å². The summed E-state index contributed by atoms with van der Waals surface area (Å²) >= 11 is 0. The van der Waals surface area contributed by atoms with Gasteiger partial charge in [0.2, 0.25) is 11.8 Å². The molecule has 1 aliphatic heterocycles. The van der Waals surface area contributed by atoms with Crippen molar-refractivity contribution >= 4 is 11.7 Å². The maximum Gasteiger partial charge on any atom is 0.309 e. The van der Waals surface area contributed by atoms with Gasteiger partial charge in [0, 0.05) is 36.3 Å². The van der Waals surface area contributed by atoms with Crippen molar-refractivity contribution in [3.05, 3.63) is 108 Å². The highest BCUT2D eigenvalue weighted by molar-refractivity contribution is 5.73. The van der Waals surface area contributed by atoms with Gasteiger partial charge in [0.25, 0.3) is 0 Å². The minimum Gasteiger partial charge on any atom is -0.473 e. The maximum atomic E-state index is 15.7. The first-order valence-corrected chi connectivity index (χ1v) is 15.0. The standard InChI is InChI=1S/C36H38F2N2O5/c1-35(2,3)45-33(41)22-36(42)16-18-40(19-17-36)31-21-29(37)28(20-30(31)38)27-14-15-32(43-23-25-10-6-4-7-11-25)39-34(27)44-24-26-12-8-5-9-13-26/h4-15,20-21,42H,16-19,22-24H2,1-3H3. The molecule has 1 aromatic heterocycles. The largest absolute Gasteiger partial charge is 0.473 e. The molecule has 0 aliphatic carbocycles. The third kappa shape index (κ3) is 8.57. The van der Waals surface area contributed by atoms with Crippen molar-refractivity contribution in [2.24, 2.45) is 0 Å². The van der Waals surface area contributed by atoms with Crippen LogP contribution in [-0.4, -0.2) is 40.4 Å². The van der Waals surface area contributed by atoms with Crippen LogP contribution in [0.5, 0.6) is 11.8 Å². The Labute approximate surface area is 262 Å². The molecule has 1 fully saturated rings. The number of pyridine rings is 1. The zero-order valence-corrected chi connectivity index (χ0v) is 25.8. The number of aromatic nitrogens is 1. The van der Waals surface area contributed by atoms with Gasteiger partial charge in [0.1, 0.15) is 30.4 Å². The molecule has 2 heterocycles. The molecule has 1 saturated heterocycles. The number of piperidine rings is 1. The van der Waals surface area contributed by atoms with E-state index >= 15 is 8.78 Å². The first-order chi connectivity index (χ1) is 21.5. The van der Waals surface area contributed by atoms with E-state index < -0.39 is 28.8 Å². The van der Waals surface area contributed by atoms with Crippen LogP contribution in [0.3, 0.4) is 0 Å². The Hall–Kier alpha value is -4.50. The Morgan fingerprint density at radius 2 is 1.44 bits per heavy atom. The van der Waals surface area contributed by atoms with Gasteiger partial charge in [-0.1, -0.05) is 60.7 Å². The molecular formula is C36H38F2N2O5. The molecule has 3 aromatic carbocycles. The summed E-state index contributed by atoms with van der Waals surface area (Å²) < 4.78 is 48.6. The second-order valence-corrected chi connectivity index (χ2v) is 12.3. The monoisotopic (exact) mass is 616 g/mol. The van der Waals surface area contributed by atoms with Gasteiger partial charge in [-0.25, -0.2) is 8.78 Å². The van der Waals surface area contributed by atoms with E-state index in [0.717, 1.165) is 23.3 Å². The molecule has 1 N–H and O–H groups in total. The molecule has 0 bridgehead atoms. The van der Waals surface area contributed by atoms with Gasteiger partial charge < -0.3 is 24.2 Å². The fourth-order valence-corrected chi connectivity index (χ4v) is 5.25. The summed E-state index contributed by atoms with van der Waals surface area (Å²) in [6.07, 6.45) is 0.263. The van der Waals surface area contributed by atoms with Gasteiger partial charge in [-0.15, -0.1) is 0 Å². The molecule has 236 valence electrons. The Morgan fingerprint density at radius 3 is 2.04 bits per heavy atom. The lowest BCUT2D eigenvalue weighted by Gasteiger charge is -2.39. The Morgan fingerprint density at radius 1 is 0.844 bits per heavy atom. The van der Waals surface area contributed by atoms with Gasteiger partial charge in [0.05, 0.1) is 17.7 Å². The Balaban J connectivity index is 1.34. The summed E-state index contributed by atoms with van der Waals surface area (Å²) in [5.74, 6) is -1.36. The topological polar surface area (TPSA) is 81.1 Å². The van der Waals surface area contributed by atoms with E-state index in [1.165, 1.54) is 0 Å². The van der Waals surface area contributed by atoms with Crippen LogP contribution in [0.1, 0.15) is 51.2 Å². The van der Waals surface area contributed by atoms with Crippen molar-refractivity contribution in [1.29, 1.82) is 0 Å². The number of esters is 1. The van der Waals surface area contributed by atoms with E-state index in [4.69, 9.17) is 14.2 Å². The normalized spacial score (nSPS) is 14.6. The highest BCUT2D eigenvalue weighted by atomic mass is 19.1. The molecule has 5 rings (SSSR count). The minimum atomic E-state index is -1.27. The van der Waals surface area contributed by atoms with Gasteiger partial charge in [-0.2, -0.15) is 4.98 Å². The fourth-order valence-electron chi connectivity index (χ4n) is 5.25. The third-order valence-corrected chi connectivity index (χ3v) is 7.54. The third-order valence-electron chi connectivity index (χ3n) is 7.54. The average Bonchev–Trinajstić information content (AvgIpc) is 3.00. The highest BCUT2D eigenvalue weighted by Crippen LogP contribution is 2.38. The number of hydrogen-bond acceptors (Lipinski definition) is 7. The molecule has 9 heteroatoms. The smallest absolute Gasteiger partial charge is 0.309 e. The second-order valence-electron chi connectivity index (χ2n) is 12.3. The number of carbonyl (C=O) groups is 1. The predicted molar refractivity (Wildman–Crippen MR) is 168 cm³/mol. The van der Waals surface area contributed by atoms with Crippen LogP contribution in [0.2, 0.25) is 0 Å². The van der Waals surface area contributed by atoms with Gasteiger partial charge in [-0.3, -0.25) is 4.79 Å². The molecule has 0 saturated carbocycles. The van der Waals surface area contributed by atoms with E-state index in [1.807, 2.05) is 60.7 Å². The molecule has 0 atom stereocenters. The van der Waals surface area contributed by atoms with Crippen LogP contribution < -0.4 is 14.4 Å². The number of benzene rings is 3. The molecule has 0 spiro atoms. The number of aliphatic hydroxyl groups is 1. The molecule has 7 nitrogen and oxygen atoms in total. The van der Waals surface area contributed by atoms with Crippen LogP contribution in [0, 0.1) is 11.6 Å². The number of ether oxygens (including phenoxy) is 3. The van der Waals surface area contributed by atoms with Crippen molar-refractivity contribution in [3.63, 3.8) is 0 Å². The minimum absolute atomic E-state index is 0.000129. The van der Waals surface area contributed by atoms with Crippen LogP contribution in [0.4, 0.5) is 14.5 Å². The lowest BCUT2D eigenvalue weighted by molar-refractivity contribution is -0.161. The predicted octanol–water partition coefficient (Wildman–Crippen LogP) is 7.25. The summed E-state index contributed by atoms with van der Waals surface area (Å²) in [5.41, 5.74) is 0.284. The summed E-state index contributed by atoms with van der Waals surface area (Å²) in [6.45, 7) is 6.24. The molecule has 0 amide bonds. The number of hydrogen-bond donors (Lipinski definition) is 1. The SMILES string of the molecule is CC(C)(C)OC(=O)CC1(O)CCN(c2cc(F)c(-c3ccc(OCc4ccccc4)nc3OCc3ccccc3)cc2F)CC1. The van der Waals surface area contributed by atoms with Crippen molar-refractivity contribution in [3.8, 4) is 22.9 Å². The number of carbonyl (C=O) groups excluding carboxylic acids is 1. The Bertz CT molecular complexity index is 1600. The van der Waals surface area contributed by atoms with E-state index in [2.05, 4.69) is 4.98 Å². The molecular weight excluding hydrogens is 578 g/mol. The fraction of sp³-hybridized carbons (Fsp3) is 0.333. The number of nitrogens with zero attached hydrogens (tertiary/aromatic N) is 2. The zero-order valence-electron chi connectivity index (χ0n) is 25.8. The van der Waals surface area contributed by atoms with E-state index in [1.54, 1.807) is 37.8 Å². The Kier molecular flexibility index (Phi) is 9.68. The number of rotatable bonds is 10. The first-order valence-electron chi connectivity index (χ1n) is 15.0. The quantitative estimate of drug-likeness (QED) is 0.188. The summed E-state index contributed by atoms with van der Waals surface area (Å²) in [5, 5.41) is 11.0. The molecule has 45 heavy (non-hydrogen) atoms. The van der Waals surface area contributed by atoms with Crippen LogP contribution >= 0.6 is 0 Å². The van der Waals surface area contributed by atoms with Crippen LogP contribution in [0.25, 0.3) is 11.1 Å². The number of halogens is 2. The van der Waals surface area contributed by atoms with Crippen LogP contribution in [0.15, 0.2) is 84.9 Å². The molecule has 4 aromatic rings. The molecule has 1 aliphatic rings. The van der Waals surface area contributed by atoms with Gasteiger partial charge in [0.15, 0.2) is 0 Å². The zero-order chi connectivity index (χ0) is 32.0. The maximum absolute atomic E-state index is 15.7. The summed E-state index contributed by atoms with van der Waals surface area (Å²) in [6, 6.07) is 24.6. The van der Waals surface area contributed by atoms with Crippen LogP contribution in [-0.2, 0) is 22.7 Å². The van der Waals surface area contributed by atoms with Gasteiger partial charge >= 0.3 is 5.97 Å². The highest BCUT2D eigenvalue weighted by Gasteiger charge is 2.37. The van der Waals surface area contributed by atoms with Crippen molar-refractivity contribution in [2.45, 2.75) is 64.4 Å². The van der Waals surface area contributed by atoms with E-state index in [9.17, 15) is 9.90 Å². The van der Waals surface area contributed by atoms with E-state index in [0.29, 0.717) is 0 Å². The first kappa shape index (κ1) is 31.9. The van der Waals surface area contributed by atoms with E-state index in [-0.39, 0.29) is 74.1 Å². The second kappa shape index (κ2) is 13.6. The summed E-state index contributed by atoms with van der Waals surface area (Å²) in [4.78, 5) is 18.5. The summed E-state index contributed by atoms with van der Waals surface area (Å²) in [7, 11) is 0. The lowest BCUT2D eigenvalue weighted by atomic mass is 9.88. The molecule has 0 unspecified atom stereocenters. The average molecular weight is 617 g/mol. The van der Waals surface area contributed by atoms with Crippen molar-refractivity contribution in [1.82, 2.24) is 4.98 Å². The molecule has 0 radical (unpaired) electrons. The lowest BCUT2D eigenvalue weighted by Crippen LogP contribution is -2.46. The van der Waals surface area contributed by atoms with Crippen molar-refractivity contribution in [2.75, 3.05) is 18.0 Å².